The first kappa shape index (κ1) is 42.1. The lowest BCUT2D eigenvalue weighted by Crippen LogP contribution is -2.59. The first-order valence-electron chi connectivity index (χ1n) is 17.5. The maximum Gasteiger partial charge on any atom is 0.253 e. The van der Waals surface area contributed by atoms with Gasteiger partial charge in [-0.05, 0) is 60.6 Å². The van der Waals surface area contributed by atoms with Crippen LogP contribution in [0.1, 0.15) is 74.9 Å². The Balaban J connectivity index is 1.98. The van der Waals surface area contributed by atoms with E-state index in [1.54, 1.807) is 38.1 Å². The number of pyridine rings is 1. The molecule has 5 atom stereocenters. The second-order valence-electron chi connectivity index (χ2n) is 13.3. The molecular weight excluding hydrogens is 695 g/mol. The molecular formula is C38H50F2N4O7S. The minimum absolute atomic E-state index is 0.00167. The smallest absolute Gasteiger partial charge is 0.253 e. The molecule has 52 heavy (non-hydrogen) atoms. The van der Waals surface area contributed by atoms with E-state index in [9.17, 15) is 41.8 Å². The van der Waals surface area contributed by atoms with Gasteiger partial charge in [-0.1, -0.05) is 70.9 Å². The van der Waals surface area contributed by atoms with Crippen LogP contribution in [0.25, 0.3) is 0 Å². The van der Waals surface area contributed by atoms with Gasteiger partial charge in [0.15, 0.2) is 9.84 Å². The molecule has 3 rings (SSSR count). The van der Waals surface area contributed by atoms with Gasteiger partial charge in [0.25, 0.3) is 5.91 Å². The Hall–Kier alpha value is -4.27. The minimum Gasteiger partial charge on any atom is -0.390 e. The highest BCUT2D eigenvalue weighted by atomic mass is 32.2. The normalized spacial score (nSPS) is 14.7. The topological polar surface area (TPSA) is 175 Å². The Morgan fingerprint density at radius 3 is 2.02 bits per heavy atom. The number of rotatable bonds is 20. The summed E-state index contributed by atoms with van der Waals surface area (Å²) in [5.41, 5.74) is 0.846. The molecule has 0 bridgehead atoms. The summed E-state index contributed by atoms with van der Waals surface area (Å²) in [6.07, 6.45) is 0.348. The lowest BCUT2D eigenvalue weighted by atomic mass is 9.83. The van der Waals surface area contributed by atoms with Gasteiger partial charge in [-0.15, -0.1) is 0 Å². The largest absolute Gasteiger partial charge is 0.390 e. The number of nitrogens with one attached hydrogen (secondary N) is 3. The Morgan fingerprint density at radius 1 is 0.827 bits per heavy atom. The number of aromatic nitrogens is 1. The minimum atomic E-state index is -3.98. The van der Waals surface area contributed by atoms with Crippen molar-refractivity contribution in [2.45, 2.75) is 95.9 Å². The molecule has 14 heteroatoms. The van der Waals surface area contributed by atoms with E-state index in [1.807, 2.05) is 19.9 Å². The Bertz CT molecular complexity index is 1690. The van der Waals surface area contributed by atoms with Crippen LogP contribution in [-0.2, 0) is 32.4 Å². The van der Waals surface area contributed by atoms with Gasteiger partial charge in [-0.25, -0.2) is 17.2 Å². The van der Waals surface area contributed by atoms with Crippen LogP contribution in [-0.4, -0.2) is 76.6 Å². The SMILES string of the molecule is CCCC(CCC)S(=O)(=O)CC(NC(=O)c1cccnc1)C(=O)NC(Cc1cc(F)cc(F)c1)C(O)C(O)C(C(=O)NCc1ccccc1)C(C)C. The fourth-order valence-electron chi connectivity index (χ4n) is 6.17. The third kappa shape index (κ3) is 12.4. The van der Waals surface area contributed by atoms with Crippen molar-refractivity contribution < 1.29 is 41.8 Å². The highest BCUT2D eigenvalue weighted by molar-refractivity contribution is 7.92. The molecule has 5 N–H and O–H groups in total. The Morgan fingerprint density at radius 2 is 1.46 bits per heavy atom. The molecule has 0 radical (unpaired) electrons. The van der Waals surface area contributed by atoms with Gasteiger partial charge in [0.2, 0.25) is 11.8 Å². The number of benzene rings is 2. The molecule has 11 nitrogen and oxygen atoms in total. The van der Waals surface area contributed by atoms with E-state index >= 15 is 0 Å². The number of halogens is 2. The highest BCUT2D eigenvalue weighted by Crippen LogP contribution is 2.23. The molecule has 0 saturated heterocycles. The van der Waals surface area contributed by atoms with Crippen molar-refractivity contribution in [3.63, 3.8) is 0 Å². The zero-order chi connectivity index (χ0) is 38.4. The van der Waals surface area contributed by atoms with Crippen LogP contribution in [0.3, 0.4) is 0 Å². The zero-order valence-corrected chi connectivity index (χ0v) is 30.8. The number of hydrogen-bond acceptors (Lipinski definition) is 8. The van der Waals surface area contributed by atoms with Crippen LogP contribution in [0.15, 0.2) is 73.1 Å². The summed E-state index contributed by atoms with van der Waals surface area (Å²) in [6, 6.07) is 11.4. The Kier molecular flexibility index (Phi) is 16.3. The van der Waals surface area contributed by atoms with Gasteiger partial charge in [0.05, 0.1) is 34.6 Å². The van der Waals surface area contributed by atoms with Gasteiger partial charge < -0.3 is 26.2 Å². The standard InChI is InChI=1S/C38H50F2N4O7S/c1-5-11-30(12-6-2)52(50,51)23-32(44-36(47)27-15-10-16-41-22-27)37(48)43-31(19-26-17-28(39)20-29(40)18-26)34(45)35(46)33(24(3)4)38(49)42-21-25-13-8-7-9-14-25/h7-10,13-18,20,22,24,30-35,45-46H,5-6,11-12,19,21,23H2,1-4H3,(H,42,49)(H,43,48)(H,44,47). The van der Waals surface area contributed by atoms with Crippen LogP contribution < -0.4 is 16.0 Å². The van der Waals surface area contributed by atoms with Crippen molar-refractivity contribution in [2.75, 3.05) is 5.75 Å². The predicted molar refractivity (Wildman–Crippen MR) is 194 cm³/mol. The molecule has 5 unspecified atom stereocenters. The lowest BCUT2D eigenvalue weighted by Gasteiger charge is -2.34. The van der Waals surface area contributed by atoms with Gasteiger partial charge in [0, 0.05) is 25.0 Å². The molecule has 0 aliphatic heterocycles. The summed E-state index contributed by atoms with van der Waals surface area (Å²) < 4.78 is 55.9. The van der Waals surface area contributed by atoms with Crippen LogP contribution >= 0.6 is 0 Å². The molecule has 1 aromatic heterocycles. The summed E-state index contributed by atoms with van der Waals surface area (Å²) in [5.74, 6) is -6.77. The maximum absolute atomic E-state index is 14.3. The first-order chi connectivity index (χ1) is 24.7. The summed E-state index contributed by atoms with van der Waals surface area (Å²) >= 11 is 0. The van der Waals surface area contributed by atoms with E-state index in [4.69, 9.17) is 0 Å². The van der Waals surface area contributed by atoms with Gasteiger partial charge >= 0.3 is 0 Å². The summed E-state index contributed by atoms with van der Waals surface area (Å²) in [5, 5.41) is 30.1. The number of amides is 3. The highest BCUT2D eigenvalue weighted by Gasteiger charge is 2.40. The summed E-state index contributed by atoms with van der Waals surface area (Å²) in [7, 11) is -3.98. The van der Waals surface area contributed by atoms with Crippen molar-refractivity contribution in [3.8, 4) is 0 Å². The number of hydrogen-bond donors (Lipinski definition) is 5. The van der Waals surface area contributed by atoms with Crippen LogP contribution in [0.5, 0.6) is 0 Å². The third-order valence-electron chi connectivity index (χ3n) is 8.84. The fraction of sp³-hybridized carbons (Fsp3) is 0.474. The van der Waals surface area contributed by atoms with Crippen molar-refractivity contribution in [3.05, 3.63) is 101 Å². The molecule has 1 heterocycles. The third-order valence-corrected chi connectivity index (χ3v) is 11.1. The van der Waals surface area contributed by atoms with Gasteiger partial charge in [0.1, 0.15) is 23.8 Å². The molecule has 0 aliphatic rings. The number of carbonyl (C=O) groups is 3. The quantitative estimate of drug-likeness (QED) is 0.116. The van der Waals surface area contributed by atoms with E-state index in [-0.39, 0.29) is 17.7 Å². The molecule has 3 amide bonds. The molecule has 3 aromatic rings. The lowest BCUT2D eigenvalue weighted by molar-refractivity contribution is -0.136. The number of aliphatic hydroxyl groups excluding tert-OH is 2. The van der Waals surface area contributed by atoms with Crippen molar-refractivity contribution in [2.24, 2.45) is 11.8 Å². The Labute approximate surface area is 304 Å². The number of aliphatic hydroxyl groups is 2. The summed E-state index contributed by atoms with van der Waals surface area (Å²) in [6.45, 7) is 7.14. The predicted octanol–water partition coefficient (Wildman–Crippen LogP) is 3.88. The van der Waals surface area contributed by atoms with E-state index in [0.717, 1.165) is 17.7 Å². The fourth-order valence-corrected chi connectivity index (χ4v) is 8.33. The van der Waals surface area contributed by atoms with E-state index < -0.39 is 92.7 Å². The zero-order valence-electron chi connectivity index (χ0n) is 30.0. The molecule has 0 fully saturated rings. The van der Waals surface area contributed by atoms with E-state index in [2.05, 4.69) is 20.9 Å². The molecule has 0 spiro atoms. The van der Waals surface area contributed by atoms with E-state index in [0.29, 0.717) is 31.7 Å². The monoisotopic (exact) mass is 744 g/mol. The molecule has 0 saturated carbocycles. The molecule has 284 valence electrons. The van der Waals surface area contributed by atoms with Gasteiger partial charge in [-0.2, -0.15) is 0 Å². The summed E-state index contributed by atoms with van der Waals surface area (Å²) in [4.78, 5) is 44.6. The number of carbonyl (C=O) groups excluding carboxylic acids is 3. The van der Waals surface area contributed by atoms with Crippen LogP contribution in [0.4, 0.5) is 8.78 Å². The number of sulfone groups is 1. The van der Waals surface area contributed by atoms with Gasteiger partial charge in [-0.3, -0.25) is 19.4 Å². The van der Waals surface area contributed by atoms with Crippen LogP contribution in [0, 0.1) is 23.5 Å². The average Bonchev–Trinajstić information content (AvgIpc) is 3.09. The average molecular weight is 745 g/mol. The van der Waals surface area contributed by atoms with Crippen molar-refractivity contribution >= 4 is 27.6 Å². The van der Waals surface area contributed by atoms with E-state index in [1.165, 1.54) is 24.5 Å². The number of nitrogens with zero attached hydrogens (tertiary/aromatic N) is 1. The maximum atomic E-state index is 14.3. The second kappa shape index (κ2) is 20.1. The van der Waals surface area contributed by atoms with Crippen LogP contribution in [0.2, 0.25) is 0 Å². The first-order valence-corrected chi connectivity index (χ1v) is 19.2. The molecule has 0 aliphatic carbocycles. The molecule has 2 aromatic carbocycles. The van der Waals surface area contributed by atoms with Crippen molar-refractivity contribution in [1.29, 1.82) is 0 Å². The van der Waals surface area contributed by atoms with Crippen molar-refractivity contribution in [1.82, 2.24) is 20.9 Å². The second-order valence-corrected chi connectivity index (χ2v) is 15.7.